The first kappa shape index (κ1) is 21.7. The van der Waals surface area contributed by atoms with Crippen LogP contribution in [-0.4, -0.2) is 72.6 Å². The van der Waals surface area contributed by atoms with E-state index >= 15 is 0 Å². The van der Waals surface area contributed by atoms with Gasteiger partial charge in [0, 0.05) is 45.0 Å². The van der Waals surface area contributed by atoms with Crippen molar-refractivity contribution in [3.05, 3.63) is 18.0 Å². The molecule has 1 aliphatic rings. The molecule has 0 spiro atoms. The Morgan fingerprint density at radius 1 is 1.30 bits per heavy atom. The van der Waals surface area contributed by atoms with Crippen LogP contribution in [0.25, 0.3) is 0 Å². The quantitative estimate of drug-likeness (QED) is 0.370. The standard InChI is InChI=1S/C20H38N6O/c1-5-21-20(22-7-6-8-26-16-18(4)14-24-26)23-15-19(13-17(2)3)25-9-11-27-12-10-25/h14,16-17,19H,5-13,15H2,1-4H3,(H2,21,22,23). The molecule has 1 aliphatic heterocycles. The summed E-state index contributed by atoms with van der Waals surface area (Å²) in [5, 5.41) is 11.2. The van der Waals surface area contributed by atoms with Crippen LogP contribution in [0, 0.1) is 12.8 Å². The molecule has 154 valence electrons. The number of aromatic nitrogens is 2. The van der Waals surface area contributed by atoms with E-state index in [0.29, 0.717) is 12.0 Å². The van der Waals surface area contributed by atoms with Crippen molar-refractivity contribution in [2.45, 2.75) is 53.1 Å². The van der Waals surface area contributed by atoms with Crippen LogP contribution in [-0.2, 0) is 11.3 Å². The molecule has 7 nitrogen and oxygen atoms in total. The molecule has 0 aliphatic carbocycles. The minimum absolute atomic E-state index is 0.483. The molecule has 27 heavy (non-hydrogen) atoms. The first-order valence-electron chi connectivity index (χ1n) is 10.4. The Hall–Kier alpha value is -1.60. The molecule has 7 heteroatoms. The molecule has 2 rings (SSSR count). The topological polar surface area (TPSA) is 66.7 Å². The third kappa shape index (κ3) is 8.30. The molecule has 2 N–H and O–H groups in total. The van der Waals surface area contributed by atoms with Gasteiger partial charge in [-0.05, 0) is 38.2 Å². The molecule has 0 bridgehead atoms. The largest absolute Gasteiger partial charge is 0.379 e. The van der Waals surface area contributed by atoms with Gasteiger partial charge in [0.25, 0.3) is 0 Å². The number of nitrogens with zero attached hydrogens (tertiary/aromatic N) is 4. The van der Waals surface area contributed by atoms with Crippen molar-refractivity contribution in [3.63, 3.8) is 0 Å². The van der Waals surface area contributed by atoms with Gasteiger partial charge in [0.05, 0.1) is 26.0 Å². The van der Waals surface area contributed by atoms with E-state index in [9.17, 15) is 0 Å². The average molecular weight is 379 g/mol. The van der Waals surface area contributed by atoms with Gasteiger partial charge in [-0.25, -0.2) is 0 Å². The first-order valence-corrected chi connectivity index (χ1v) is 10.4. The van der Waals surface area contributed by atoms with Crippen LogP contribution in [0.1, 0.15) is 39.2 Å². The number of morpholine rings is 1. The van der Waals surface area contributed by atoms with E-state index in [2.05, 4.69) is 54.5 Å². The fraction of sp³-hybridized carbons (Fsp3) is 0.800. The van der Waals surface area contributed by atoms with E-state index in [1.807, 2.05) is 10.9 Å². The first-order chi connectivity index (χ1) is 13.1. The van der Waals surface area contributed by atoms with Gasteiger partial charge in [0.15, 0.2) is 5.96 Å². The number of hydrogen-bond acceptors (Lipinski definition) is 4. The van der Waals surface area contributed by atoms with Crippen LogP contribution < -0.4 is 10.6 Å². The lowest BCUT2D eigenvalue weighted by molar-refractivity contribution is 0.0143. The SMILES string of the molecule is CCNC(=NCC(CC(C)C)N1CCOCC1)NCCCn1cc(C)cn1. The van der Waals surface area contributed by atoms with Gasteiger partial charge in [0.1, 0.15) is 0 Å². The summed E-state index contributed by atoms with van der Waals surface area (Å²) in [7, 11) is 0. The highest BCUT2D eigenvalue weighted by Crippen LogP contribution is 2.14. The Labute approximate surface area is 164 Å². The molecule has 0 radical (unpaired) electrons. The number of guanidine groups is 1. The van der Waals surface area contributed by atoms with Gasteiger partial charge in [-0.2, -0.15) is 5.10 Å². The van der Waals surface area contributed by atoms with Crippen LogP contribution in [0.15, 0.2) is 17.4 Å². The van der Waals surface area contributed by atoms with E-state index < -0.39 is 0 Å². The molecular weight excluding hydrogens is 340 g/mol. The van der Waals surface area contributed by atoms with Crippen LogP contribution in [0.2, 0.25) is 0 Å². The van der Waals surface area contributed by atoms with Crippen LogP contribution >= 0.6 is 0 Å². The van der Waals surface area contributed by atoms with Crippen molar-refractivity contribution in [2.75, 3.05) is 45.9 Å². The molecule has 1 saturated heterocycles. The van der Waals surface area contributed by atoms with Gasteiger partial charge in [-0.1, -0.05) is 13.8 Å². The van der Waals surface area contributed by atoms with E-state index in [1.165, 1.54) is 12.0 Å². The lowest BCUT2D eigenvalue weighted by Crippen LogP contribution is -2.46. The number of aryl methyl sites for hydroxylation is 2. The van der Waals surface area contributed by atoms with E-state index in [4.69, 9.17) is 9.73 Å². The second-order valence-corrected chi connectivity index (χ2v) is 7.71. The minimum atomic E-state index is 0.483. The number of aliphatic imine (C=N–C) groups is 1. The molecule has 1 fully saturated rings. The maximum Gasteiger partial charge on any atom is 0.191 e. The normalized spacial score (nSPS) is 17.3. The minimum Gasteiger partial charge on any atom is -0.379 e. The van der Waals surface area contributed by atoms with Crippen molar-refractivity contribution in [2.24, 2.45) is 10.9 Å². The zero-order valence-corrected chi connectivity index (χ0v) is 17.6. The van der Waals surface area contributed by atoms with Crippen molar-refractivity contribution < 1.29 is 4.74 Å². The number of hydrogen-bond donors (Lipinski definition) is 2. The Bertz CT molecular complexity index is 550. The molecule has 0 saturated carbocycles. The summed E-state index contributed by atoms with van der Waals surface area (Å²) in [6.45, 7) is 16.0. The van der Waals surface area contributed by atoms with Crippen molar-refractivity contribution in [1.82, 2.24) is 25.3 Å². The Kier molecular flexibility index (Phi) is 9.62. The maximum absolute atomic E-state index is 5.51. The third-order valence-electron chi connectivity index (χ3n) is 4.73. The highest BCUT2D eigenvalue weighted by Gasteiger charge is 2.21. The fourth-order valence-corrected chi connectivity index (χ4v) is 3.40. The fourth-order valence-electron chi connectivity index (χ4n) is 3.40. The number of nitrogens with one attached hydrogen (secondary N) is 2. The second kappa shape index (κ2) is 12.0. The van der Waals surface area contributed by atoms with E-state index in [-0.39, 0.29) is 0 Å². The predicted octanol–water partition coefficient (Wildman–Crippen LogP) is 1.88. The molecule has 1 aromatic heterocycles. The van der Waals surface area contributed by atoms with Gasteiger partial charge in [-0.15, -0.1) is 0 Å². The van der Waals surface area contributed by atoms with Crippen molar-refractivity contribution in [3.8, 4) is 0 Å². The third-order valence-corrected chi connectivity index (χ3v) is 4.73. The maximum atomic E-state index is 5.51. The van der Waals surface area contributed by atoms with Crippen LogP contribution in [0.3, 0.4) is 0 Å². The highest BCUT2D eigenvalue weighted by molar-refractivity contribution is 5.79. The average Bonchev–Trinajstić information content (AvgIpc) is 3.07. The molecule has 1 unspecified atom stereocenters. The summed E-state index contributed by atoms with van der Waals surface area (Å²) >= 11 is 0. The van der Waals surface area contributed by atoms with Crippen LogP contribution in [0.5, 0.6) is 0 Å². The van der Waals surface area contributed by atoms with Gasteiger partial charge >= 0.3 is 0 Å². The Morgan fingerprint density at radius 2 is 2.07 bits per heavy atom. The van der Waals surface area contributed by atoms with E-state index in [1.54, 1.807) is 0 Å². The lowest BCUT2D eigenvalue weighted by Gasteiger charge is -2.34. The summed E-state index contributed by atoms with van der Waals surface area (Å²) in [6.07, 6.45) is 6.17. The van der Waals surface area contributed by atoms with Crippen molar-refractivity contribution in [1.29, 1.82) is 0 Å². The summed E-state index contributed by atoms with van der Waals surface area (Å²) in [5.41, 5.74) is 1.21. The summed E-state index contributed by atoms with van der Waals surface area (Å²) in [5.74, 6) is 1.58. The smallest absolute Gasteiger partial charge is 0.191 e. The summed E-state index contributed by atoms with van der Waals surface area (Å²) in [6, 6.07) is 0.483. The summed E-state index contributed by atoms with van der Waals surface area (Å²) in [4.78, 5) is 7.42. The molecule has 0 aromatic carbocycles. The predicted molar refractivity (Wildman–Crippen MR) is 111 cm³/mol. The second-order valence-electron chi connectivity index (χ2n) is 7.71. The van der Waals surface area contributed by atoms with Crippen LogP contribution in [0.4, 0.5) is 0 Å². The lowest BCUT2D eigenvalue weighted by atomic mass is 10.0. The zero-order chi connectivity index (χ0) is 19.5. The monoisotopic (exact) mass is 378 g/mol. The molecule has 1 aromatic rings. The number of ether oxygens (including phenoxy) is 1. The molecule has 0 amide bonds. The van der Waals surface area contributed by atoms with E-state index in [0.717, 1.165) is 64.9 Å². The highest BCUT2D eigenvalue weighted by atomic mass is 16.5. The Morgan fingerprint density at radius 3 is 2.70 bits per heavy atom. The van der Waals surface area contributed by atoms with Crippen molar-refractivity contribution >= 4 is 5.96 Å². The zero-order valence-electron chi connectivity index (χ0n) is 17.6. The Balaban J connectivity index is 1.82. The number of rotatable bonds is 10. The van der Waals surface area contributed by atoms with Gasteiger partial charge < -0.3 is 15.4 Å². The molecule has 1 atom stereocenters. The summed E-state index contributed by atoms with van der Waals surface area (Å²) < 4.78 is 7.51. The van der Waals surface area contributed by atoms with Gasteiger partial charge in [0.2, 0.25) is 0 Å². The van der Waals surface area contributed by atoms with Gasteiger partial charge in [-0.3, -0.25) is 14.6 Å². The molecule has 2 heterocycles. The molecular formula is C20H38N6O.